The minimum Gasteiger partial charge on any atom is -0.461 e. The Morgan fingerprint density at radius 3 is 2.06 bits per heavy atom. The lowest BCUT2D eigenvalue weighted by molar-refractivity contribution is -0.142. The Labute approximate surface area is 306 Å². The number of benzene rings is 1. The molecule has 0 bridgehead atoms. The van der Waals surface area contributed by atoms with Crippen LogP contribution in [0, 0.1) is 5.92 Å². The summed E-state index contributed by atoms with van der Waals surface area (Å²) in [4.78, 5) is 99.4. The van der Waals surface area contributed by atoms with Crippen LogP contribution >= 0.6 is 0 Å². The van der Waals surface area contributed by atoms with Gasteiger partial charge in [-0.3, -0.25) is 43.0 Å². The van der Waals surface area contributed by atoms with Crippen LogP contribution in [0.5, 0.6) is 0 Å². The van der Waals surface area contributed by atoms with Crippen LogP contribution in [0.25, 0.3) is 0 Å². The van der Waals surface area contributed by atoms with Gasteiger partial charge in [0.2, 0.25) is 23.6 Å². The second-order valence-electron chi connectivity index (χ2n) is 12.5. The van der Waals surface area contributed by atoms with Crippen molar-refractivity contribution < 1.29 is 56.1 Å². The molecular weight excluding hydrogens is 718 g/mol. The fraction of sp³-hybridized carbons (Fsp3) is 0.515. The molecule has 0 saturated heterocycles. The molecule has 1 aromatic rings. The average Bonchev–Trinajstić information content (AvgIpc) is 3.38. The first kappa shape index (κ1) is 43.8. The highest BCUT2D eigenvalue weighted by atomic mass is 32.2. The predicted molar refractivity (Wildman–Crippen MR) is 189 cm³/mol. The third kappa shape index (κ3) is 16.7. The van der Waals surface area contributed by atoms with E-state index in [9.17, 15) is 51.3 Å². The summed E-state index contributed by atoms with van der Waals surface area (Å²) in [7, 11) is -4.79. The van der Waals surface area contributed by atoms with Crippen LogP contribution in [-0.4, -0.2) is 102 Å². The zero-order valence-corrected chi connectivity index (χ0v) is 30.5. The molecule has 2 unspecified atom stereocenters. The third-order valence-corrected chi connectivity index (χ3v) is 8.48. The van der Waals surface area contributed by atoms with E-state index >= 15 is 0 Å². The molecule has 0 fully saturated rings. The minimum atomic E-state index is -4.79. The van der Waals surface area contributed by atoms with E-state index in [-0.39, 0.29) is 45.4 Å². The lowest BCUT2D eigenvalue weighted by atomic mass is 10.0. The number of rotatable bonds is 22. The predicted octanol–water partition coefficient (Wildman–Crippen LogP) is -0.380. The van der Waals surface area contributed by atoms with Gasteiger partial charge in [-0.05, 0) is 49.3 Å². The van der Waals surface area contributed by atoms with Crippen molar-refractivity contribution in [2.75, 3.05) is 24.2 Å². The third-order valence-electron chi connectivity index (χ3n) is 7.73. The van der Waals surface area contributed by atoms with Crippen LogP contribution in [0.3, 0.4) is 0 Å². The lowest BCUT2D eigenvalue weighted by Crippen LogP contribution is -2.59. The number of imide groups is 1. The number of nitrogens with zero attached hydrogens (tertiary/aromatic N) is 1. The highest BCUT2D eigenvalue weighted by Gasteiger charge is 2.33. The second-order valence-corrected chi connectivity index (χ2v) is 14.0. The number of urea groups is 1. The molecule has 53 heavy (non-hydrogen) atoms. The molecule has 8 amide bonds. The Morgan fingerprint density at radius 1 is 0.849 bits per heavy atom. The van der Waals surface area contributed by atoms with Crippen molar-refractivity contribution in [1.29, 1.82) is 0 Å². The van der Waals surface area contributed by atoms with Gasteiger partial charge in [-0.25, -0.2) is 4.79 Å². The number of esters is 1. The van der Waals surface area contributed by atoms with Gasteiger partial charge in [0.1, 0.15) is 30.5 Å². The molecule has 0 radical (unpaired) electrons. The highest BCUT2D eigenvalue weighted by molar-refractivity contribution is 7.85. The molecule has 1 heterocycles. The quantitative estimate of drug-likeness (QED) is 0.0344. The van der Waals surface area contributed by atoms with Gasteiger partial charge in [-0.2, -0.15) is 8.42 Å². The normalized spacial score (nSPS) is 14.2. The number of nitrogens with two attached hydrogens (primary N) is 1. The van der Waals surface area contributed by atoms with E-state index in [0.29, 0.717) is 24.1 Å². The molecular formula is C33H47N7O12S. The summed E-state index contributed by atoms with van der Waals surface area (Å²) >= 11 is 0. The van der Waals surface area contributed by atoms with Crippen molar-refractivity contribution >= 4 is 63.2 Å². The van der Waals surface area contributed by atoms with E-state index in [1.165, 1.54) is 6.92 Å². The number of carbonyl (C=O) groups excluding carboxylic acids is 8. The smallest absolute Gasteiger partial charge is 0.312 e. The van der Waals surface area contributed by atoms with Crippen LogP contribution in [0.1, 0.15) is 64.9 Å². The van der Waals surface area contributed by atoms with Crippen molar-refractivity contribution in [3.63, 3.8) is 0 Å². The zero-order chi connectivity index (χ0) is 39.7. The molecule has 1 aliphatic heterocycles. The van der Waals surface area contributed by atoms with E-state index in [2.05, 4.69) is 26.6 Å². The first-order chi connectivity index (χ1) is 24.9. The number of nitrogens with one attached hydrogen (secondary N) is 5. The summed E-state index contributed by atoms with van der Waals surface area (Å²) in [6.07, 6.45) is 3.47. The van der Waals surface area contributed by atoms with Crippen LogP contribution in [0.2, 0.25) is 0 Å². The van der Waals surface area contributed by atoms with Gasteiger partial charge in [0.05, 0.1) is 0 Å². The SMILES string of the molecule is CC(=O)OCc1ccc(NC(=O)C(CCCNC(N)=O)NC(=O)C(NC(=O)[C@H](CS(=O)(=O)O)NC(=O)CCCCCN2C(=O)C=CC2=O)C(C)C)cc1. The summed E-state index contributed by atoms with van der Waals surface area (Å²) in [6.45, 7) is 4.67. The number of amides is 8. The Bertz CT molecular complexity index is 1630. The lowest BCUT2D eigenvalue weighted by Gasteiger charge is -2.27. The summed E-state index contributed by atoms with van der Waals surface area (Å²) in [5.41, 5.74) is 6.12. The number of carbonyl (C=O) groups is 8. The maximum atomic E-state index is 13.5. The maximum Gasteiger partial charge on any atom is 0.312 e. The van der Waals surface area contributed by atoms with E-state index in [0.717, 1.165) is 17.1 Å². The molecule has 1 aromatic carbocycles. The molecule has 3 atom stereocenters. The number of anilines is 1. The first-order valence-electron chi connectivity index (χ1n) is 16.8. The number of hydrogen-bond donors (Lipinski definition) is 7. The molecule has 20 heteroatoms. The summed E-state index contributed by atoms with van der Waals surface area (Å²) in [5, 5.41) is 12.3. The van der Waals surface area contributed by atoms with Gasteiger partial charge >= 0.3 is 12.0 Å². The average molecular weight is 766 g/mol. The minimum absolute atomic E-state index is 0.0180. The summed E-state index contributed by atoms with van der Waals surface area (Å²) < 4.78 is 38.0. The molecule has 19 nitrogen and oxygen atoms in total. The number of primary amides is 1. The molecule has 0 aliphatic carbocycles. The van der Waals surface area contributed by atoms with Gasteiger partial charge in [0.15, 0.2) is 0 Å². The van der Waals surface area contributed by atoms with Crippen molar-refractivity contribution in [3.05, 3.63) is 42.0 Å². The van der Waals surface area contributed by atoms with Crippen LogP contribution < -0.4 is 32.3 Å². The van der Waals surface area contributed by atoms with Crippen molar-refractivity contribution in [2.24, 2.45) is 11.7 Å². The molecule has 2 rings (SSSR count). The molecule has 0 saturated carbocycles. The van der Waals surface area contributed by atoms with Gasteiger partial charge < -0.3 is 37.1 Å². The van der Waals surface area contributed by atoms with Crippen molar-refractivity contribution in [1.82, 2.24) is 26.2 Å². The van der Waals surface area contributed by atoms with Crippen molar-refractivity contribution in [2.45, 2.75) is 84.0 Å². The highest BCUT2D eigenvalue weighted by Crippen LogP contribution is 2.13. The number of hydrogen-bond acceptors (Lipinski definition) is 11. The van der Waals surface area contributed by atoms with E-state index in [1.807, 2.05) is 0 Å². The van der Waals surface area contributed by atoms with E-state index in [1.54, 1.807) is 38.1 Å². The molecule has 8 N–H and O–H groups in total. The Hall–Kier alpha value is -5.37. The topological polar surface area (TPSA) is 290 Å². The second kappa shape index (κ2) is 21.2. The number of unbranched alkanes of at least 4 members (excludes halogenated alkanes) is 2. The Morgan fingerprint density at radius 2 is 1.49 bits per heavy atom. The molecule has 0 spiro atoms. The zero-order valence-electron chi connectivity index (χ0n) is 29.7. The van der Waals surface area contributed by atoms with Crippen molar-refractivity contribution in [3.8, 4) is 0 Å². The Balaban J connectivity index is 2.08. The number of ether oxygens (including phenoxy) is 1. The van der Waals surface area contributed by atoms with Gasteiger partial charge in [0.25, 0.3) is 21.9 Å². The van der Waals surface area contributed by atoms with E-state index in [4.69, 9.17) is 10.5 Å². The van der Waals surface area contributed by atoms with Crippen LogP contribution in [0.15, 0.2) is 36.4 Å². The van der Waals surface area contributed by atoms with Gasteiger partial charge in [-0.15, -0.1) is 0 Å². The molecule has 1 aliphatic rings. The van der Waals surface area contributed by atoms with Gasteiger partial charge in [0, 0.05) is 44.3 Å². The fourth-order valence-electron chi connectivity index (χ4n) is 4.98. The fourth-order valence-corrected chi connectivity index (χ4v) is 5.64. The van der Waals surface area contributed by atoms with Crippen LogP contribution in [0.4, 0.5) is 10.5 Å². The van der Waals surface area contributed by atoms with E-state index < -0.39 is 87.4 Å². The maximum absolute atomic E-state index is 13.5. The van der Waals surface area contributed by atoms with Gasteiger partial charge in [-0.1, -0.05) is 32.4 Å². The molecule has 0 aromatic heterocycles. The monoisotopic (exact) mass is 765 g/mol. The molecule has 292 valence electrons. The Kier molecular flexibility index (Phi) is 17.5. The summed E-state index contributed by atoms with van der Waals surface area (Å²) in [6, 6.07) is 1.24. The first-order valence-corrected chi connectivity index (χ1v) is 18.4. The van der Waals surface area contributed by atoms with Crippen LogP contribution in [-0.2, 0) is 55.0 Å². The summed E-state index contributed by atoms with van der Waals surface area (Å²) in [5.74, 6) is -6.43. The standard InChI is InChI=1S/C33H47N7O12S/c1-20(2)29(39-31(46)25(19-53(49,50)51)37-26(42)9-5-4-6-17-40-27(43)14-15-28(40)44)32(47)38-24(8-7-16-35-33(34)48)30(45)36-23-12-10-22(11-13-23)18-52-21(3)41/h10-15,20,24-25,29H,4-9,16-19H2,1-3H3,(H,36,45)(H,37,42)(H,38,47)(H,39,46)(H3,34,35,48)(H,49,50,51)/t24?,25-,29?/m0/s1. The largest absolute Gasteiger partial charge is 0.461 e.